The van der Waals surface area contributed by atoms with Crippen LogP contribution in [-0.4, -0.2) is 49.3 Å². The van der Waals surface area contributed by atoms with E-state index in [1.165, 1.54) is 302 Å². The first-order valence-corrected chi connectivity index (χ1v) is 43.2. The van der Waals surface area contributed by atoms with Crippen molar-refractivity contribution in [2.75, 3.05) is 26.4 Å². The second-order valence-electron chi connectivity index (χ2n) is 28.0. The SMILES string of the molecule is CC/C=C\C/C=C\C/C=C\C/C=C\C/C=C\CCCCCCCCCCCCCCCCCCCCCC(=O)OC(COC(=O)CCCCCCCCCCCCCCCCCCCCCCCCCCCC/C=C\C/C=C\C/C=C\CCCCCCC)COP(=O)(O)OCCN. The number of hydrogen-bond acceptors (Lipinski definition) is 8. The summed E-state index contributed by atoms with van der Waals surface area (Å²) in [5, 5.41) is 0. The molecule has 0 saturated carbocycles. The third kappa shape index (κ3) is 81.8. The first-order chi connectivity index (χ1) is 47.8. The lowest BCUT2D eigenvalue weighted by molar-refractivity contribution is -0.161. The molecule has 0 aliphatic heterocycles. The van der Waals surface area contributed by atoms with Gasteiger partial charge in [0.1, 0.15) is 6.61 Å². The zero-order valence-corrected chi connectivity index (χ0v) is 64.7. The van der Waals surface area contributed by atoms with Crippen LogP contribution in [0, 0.1) is 0 Å². The molecule has 0 aliphatic carbocycles. The van der Waals surface area contributed by atoms with Crippen LogP contribution in [0.5, 0.6) is 0 Å². The van der Waals surface area contributed by atoms with Gasteiger partial charge < -0.3 is 20.1 Å². The van der Waals surface area contributed by atoms with E-state index in [4.69, 9.17) is 24.3 Å². The lowest BCUT2D eigenvalue weighted by atomic mass is 10.0. The maximum absolute atomic E-state index is 12.8. The van der Waals surface area contributed by atoms with Crippen molar-refractivity contribution < 1.29 is 37.6 Å². The number of ether oxygens (including phenoxy) is 2. The highest BCUT2D eigenvalue weighted by Gasteiger charge is 2.26. The van der Waals surface area contributed by atoms with Crippen molar-refractivity contribution in [3.63, 3.8) is 0 Å². The third-order valence-electron chi connectivity index (χ3n) is 18.5. The molecular weight excluding hydrogens is 1220 g/mol. The van der Waals surface area contributed by atoms with Gasteiger partial charge in [0, 0.05) is 19.4 Å². The number of unbranched alkanes of at least 4 members (excludes halogenated alkanes) is 50. The summed E-state index contributed by atoms with van der Waals surface area (Å²) in [6, 6.07) is 0. The van der Waals surface area contributed by atoms with Crippen molar-refractivity contribution in [3.8, 4) is 0 Å². The Morgan fingerprint density at radius 3 is 0.845 bits per heavy atom. The number of esters is 2. The van der Waals surface area contributed by atoms with Crippen LogP contribution in [0.1, 0.15) is 412 Å². The van der Waals surface area contributed by atoms with Gasteiger partial charge in [0.05, 0.1) is 13.2 Å². The molecule has 0 bridgehead atoms. The lowest BCUT2D eigenvalue weighted by Crippen LogP contribution is -2.29. The van der Waals surface area contributed by atoms with Crippen LogP contribution in [0.15, 0.2) is 97.2 Å². The van der Waals surface area contributed by atoms with Crippen molar-refractivity contribution >= 4 is 19.8 Å². The van der Waals surface area contributed by atoms with E-state index in [2.05, 4.69) is 111 Å². The van der Waals surface area contributed by atoms with Gasteiger partial charge in [0.15, 0.2) is 6.10 Å². The minimum Gasteiger partial charge on any atom is -0.462 e. The number of allylic oxidation sites excluding steroid dienone is 16. The molecule has 0 aromatic rings. The van der Waals surface area contributed by atoms with E-state index in [1.54, 1.807) is 0 Å². The quantitative estimate of drug-likeness (QED) is 0.0264. The number of phosphoric ester groups is 1. The Balaban J connectivity index is 3.75. The molecule has 9 nitrogen and oxygen atoms in total. The van der Waals surface area contributed by atoms with E-state index in [1.807, 2.05) is 0 Å². The Hall–Kier alpha value is -3.07. The molecule has 0 rings (SSSR count). The topological polar surface area (TPSA) is 134 Å². The van der Waals surface area contributed by atoms with Crippen molar-refractivity contribution in [2.24, 2.45) is 5.73 Å². The van der Waals surface area contributed by atoms with Crippen LogP contribution in [0.2, 0.25) is 0 Å². The predicted molar refractivity (Wildman–Crippen MR) is 422 cm³/mol. The molecule has 0 spiro atoms. The molecule has 3 N–H and O–H groups in total. The van der Waals surface area contributed by atoms with E-state index in [0.29, 0.717) is 6.42 Å². The molecule has 10 heteroatoms. The Kier molecular flexibility index (Phi) is 79.3. The molecule has 0 fully saturated rings. The monoisotopic (exact) mass is 1380 g/mol. The highest BCUT2D eigenvalue weighted by Crippen LogP contribution is 2.43. The number of nitrogens with two attached hydrogens (primary N) is 1. The largest absolute Gasteiger partial charge is 0.472 e. The molecule has 0 amide bonds. The van der Waals surface area contributed by atoms with E-state index in [-0.39, 0.29) is 38.6 Å². The normalized spacial score (nSPS) is 13.3. The van der Waals surface area contributed by atoms with Gasteiger partial charge in [-0.05, 0) is 96.3 Å². The van der Waals surface area contributed by atoms with Crippen LogP contribution in [0.4, 0.5) is 0 Å². The summed E-state index contributed by atoms with van der Waals surface area (Å²) >= 11 is 0. The van der Waals surface area contributed by atoms with Crippen molar-refractivity contribution in [1.82, 2.24) is 0 Å². The molecule has 0 radical (unpaired) electrons. The molecule has 97 heavy (non-hydrogen) atoms. The Morgan fingerprint density at radius 1 is 0.320 bits per heavy atom. The molecule has 2 atom stereocenters. The second kappa shape index (κ2) is 81.9. The molecule has 0 aromatic heterocycles. The minimum atomic E-state index is -4.40. The first-order valence-electron chi connectivity index (χ1n) is 41.7. The summed E-state index contributed by atoms with van der Waals surface area (Å²) in [5.41, 5.74) is 5.42. The number of carbonyl (C=O) groups excluding carboxylic acids is 2. The first kappa shape index (κ1) is 93.9. The van der Waals surface area contributed by atoms with Crippen LogP contribution in [-0.2, 0) is 32.7 Å². The molecule has 2 unspecified atom stereocenters. The highest BCUT2D eigenvalue weighted by molar-refractivity contribution is 7.47. The summed E-state index contributed by atoms with van der Waals surface area (Å²) < 4.78 is 33.3. The average Bonchev–Trinajstić information content (AvgIpc) is 2.69. The van der Waals surface area contributed by atoms with Gasteiger partial charge in [-0.25, -0.2) is 4.57 Å². The zero-order valence-electron chi connectivity index (χ0n) is 63.8. The molecule has 0 aromatic carbocycles. The van der Waals surface area contributed by atoms with E-state index >= 15 is 0 Å². The van der Waals surface area contributed by atoms with Crippen LogP contribution in [0.3, 0.4) is 0 Å². The standard InChI is InChI=1S/C87H158NO8P/c1-3-5-7-9-11-13-15-17-19-21-23-25-27-29-31-33-35-37-39-40-41-42-43-44-46-47-49-51-53-55-57-59-61-63-65-67-69-71-73-75-77-79-86(89)93-83-85(84-95-97(91,92)94-82-81-88)96-87(90)80-78-76-74-72-70-68-66-64-62-60-58-56-54-52-50-48-45-38-36-34-32-30-28-26-24-22-20-18-16-14-12-10-8-6-4-2/h6,8,12,14-15,17-18,20-21,23-24,26-27,29-30,32,85H,3-5,7,9-11,13,16,19,22,25,28,31,33-84,88H2,1-2H3,(H,91,92)/b8-6-,14-12-,17-15-,20-18-,23-21-,26-24-,29-27-,32-30-. The van der Waals surface area contributed by atoms with Gasteiger partial charge in [-0.15, -0.1) is 0 Å². The molecule has 564 valence electrons. The van der Waals surface area contributed by atoms with Crippen molar-refractivity contribution in [3.05, 3.63) is 97.2 Å². The third-order valence-corrected chi connectivity index (χ3v) is 19.4. The highest BCUT2D eigenvalue weighted by atomic mass is 31.2. The Bertz CT molecular complexity index is 1920. The fourth-order valence-electron chi connectivity index (χ4n) is 12.3. The minimum absolute atomic E-state index is 0.0537. The van der Waals surface area contributed by atoms with Crippen LogP contribution >= 0.6 is 7.82 Å². The molecule has 0 saturated heterocycles. The van der Waals surface area contributed by atoms with Crippen LogP contribution in [0.25, 0.3) is 0 Å². The second-order valence-corrected chi connectivity index (χ2v) is 29.4. The van der Waals surface area contributed by atoms with Gasteiger partial charge in [0.25, 0.3) is 0 Å². The Morgan fingerprint density at radius 2 is 0.567 bits per heavy atom. The number of phosphoric acid groups is 1. The number of rotatable bonds is 79. The molecular formula is C87H158NO8P. The summed E-state index contributed by atoms with van der Waals surface area (Å²) in [4.78, 5) is 35.5. The van der Waals surface area contributed by atoms with Gasteiger partial charge in [-0.1, -0.05) is 400 Å². The maximum Gasteiger partial charge on any atom is 0.472 e. The fourth-order valence-corrected chi connectivity index (χ4v) is 13.1. The number of carbonyl (C=O) groups is 2. The average molecular weight is 1380 g/mol. The van der Waals surface area contributed by atoms with Gasteiger partial charge >= 0.3 is 19.8 Å². The number of hydrogen-bond donors (Lipinski definition) is 2. The van der Waals surface area contributed by atoms with Gasteiger partial charge in [-0.3, -0.25) is 18.6 Å². The smallest absolute Gasteiger partial charge is 0.462 e. The Labute approximate surface area is 601 Å². The summed E-state index contributed by atoms with van der Waals surface area (Å²) in [6.45, 7) is 3.68. The fraction of sp³-hybridized carbons (Fsp3) is 0.793. The summed E-state index contributed by atoms with van der Waals surface area (Å²) in [5.74, 6) is -0.807. The zero-order chi connectivity index (χ0) is 70.0. The van der Waals surface area contributed by atoms with E-state index < -0.39 is 26.5 Å². The van der Waals surface area contributed by atoms with Gasteiger partial charge in [-0.2, -0.15) is 0 Å². The summed E-state index contributed by atoms with van der Waals surface area (Å²) in [6.07, 6.45) is 113. The molecule has 0 heterocycles. The lowest BCUT2D eigenvalue weighted by Gasteiger charge is -2.19. The molecule has 0 aliphatic rings. The van der Waals surface area contributed by atoms with Crippen LogP contribution < -0.4 is 5.73 Å². The van der Waals surface area contributed by atoms with E-state index in [9.17, 15) is 19.0 Å². The summed E-state index contributed by atoms with van der Waals surface area (Å²) in [7, 11) is -4.40. The van der Waals surface area contributed by atoms with Crippen molar-refractivity contribution in [2.45, 2.75) is 418 Å². The van der Waals surface area contributed by atoms with Crippen molar-refractivity contribution in [1.29, 1.82) is 0 Å². The predicted octanol–water partition coefficient (Wildman–Crippen LogP) is 28.2. The maximum atomic E-state index is 12.8. The van der Waals surface area contributed by atoms with E-state index in [0.717, 1.165) is 77.0 Å². The van der Waals surface area contributed by atoms with Gasteiger partial charge in [0.2, 0.25) is 0 Å².